The summed E-state index contributed by atoms with van der Waals surface area (Å²) in [4.78, 5) is 0. The first-order valence-corrected chi connectivity index (χ1v) is 17.5. The number of unbranched alkanes of at least 4 members (excludes halogenated alkanes) is 10. The molecule has 0 radical (unpaired) electrons. The van der Waals surface area contributed by atoms with E-state index in [4.69, 9.17) is 13.9 Å². The van der Waals surface area contributed by atoms with E-state index in [0.717, 1.165) is 59.5 Å². The van der Waals surface area contributed by atoms with E-state index in [1.54, 1.807) is 0 Å². The van der Waals surface area contributed by atoms with Crippen molar-refractivity contribution in [2.24, 2.45) is 0 Å². The van der Waals surface area contributed by atoms with E-state index in [1.165, 1.54) is 97.6 Å². The second kappa shape index (κ2) is 16.5. The van der Waals surface area contributed by atoms with Crippen molar-refractivity contribution in [3.05, 3.63) is 83.9 Å². The summed E-state index contributed by atoms with van der Waals surface area (Å²) < 4.78 is 18.4. The molecule has 0 aliphatic rings. The van der Waals surface area contributed by atoms with Gasteiger partial charge in [0, 0.05) is 10.8 Å². The Hall–Kier alpha value is -3.72. The number of aryl methyl sites for hydroxylation is 2. The molecule has 0 unspecified atom stereocenters. The molecule has 0 saturated carbocycles. The molecule has 0 N–H and O–H groups in total. The highest BCUT2D eigenvalue weighted by molar-refractivity contribution is 6.08. The van der Waals surface area contributed by atoms with Gasteiger partial charge in [0.05, 0.1) is 13.2 Å². The molecule has 0 saturated heterocycles. The Morgan fingerprint density at radius 3 is 1.24 bits per heavy atom. The summed E-state index contributed by atoms with van der Waals surface area (Å²) in [6, 6.07) is 26.1. The second-order valence-corrected chi connectivity index (χ2v) is 12.7. The second-order valence-electron chi connectivity index (χ2n) is 12.7. The Morgan fingerprint density at radius 2 is 0.844 bits per heavy atom. The average Bonchev–Trinajstić information content (AvgIpc) is 3.39. The van der Waals surface area contributed by atoms with Crippen LogP contribution in [0.2, 0.25) is 0 Å². The largest absolute Gasteiger partial charge is 0.494 e. The third-order valence-corrected chi connectivity index (χ3v) is 9.03. The van der Waals surface area contributed by atoms with Crippen molar-refractivity contribution in [3.63, 3.8) is 0 Å². The maximum atomic E-state index is 6.37. The van der Waals surface area contributed by atoms with Gasteiger partial charge in [-0.15, -0.1) is 0 Å². The molecule has 3 heteroatoms. The van der Waals surface area contributed by atoms with Gasteiger partial charge in [-0.2, -0.15) is 0 Å². The molecule has 0 fully saturated rings. The van der Waals surface area contributed by atoms with Gasteiger partial charge in [-0.1, -0.05) is 102 Å². The molecule has 0 aliphatic heterocycles. The lowest BCUT2D eigenvalue weighted by atomic mass is 9.95. The van der Waals surface area contributed by atoms with Crippen LogP contribution in [-0.2, 0) is 0 Å². The van der Waals surface area contributed by atoms with Gasteiger partial charge in [-0.3, -0.25) is 0 Å². The zero-order valence-electron chi connectivity index (χ0n) is 28.1. The first-order valence-electron chi connectivity index (χ1n) is 17.5. The molecular weight excluding hydrogens is 552 g/mol. The monoisotopic (exact) mass is 604 g/mol. The Balaban J connectivity index is 1.28. The van der Waals surface area contributed by atoms with Gasteiger partial charge in [0.25, 0.3) is 0 Å². The van der Waals surface area contributed by atoms with Crippen molar-refractivity contribution in [3.8, 4) is 33.8 Å². The predicted octanol–water partition coefficient (Wildman–Crippen LogP) is 13.0. The topological polar surface area (TPSA) is 31.6 Å². The highest BCUT2D eigenvalue weighted by Crippen LogP contribution is 2.38. The van der Waals surface area contributed by atoms with Crippen LogP contribution in [0.5, 0.6) is 11.5 Å². The lowest BCUT2D eigenvalue weighted by Gasteiger charge is -2.10. The smallest absolute Gasteiger partial charge is 0.135 e. The normalized spacial score (nSPS) is 11.5. The molecule has 0 atom stereocenters. The Bertz CT molecular complexity index is 1500. The molecule has 4 aromatic carbocycles. The molecule has 5 rings (SSSR count). The molecule has 3 nitrogen and oxygen atoms in total. The molecule has 5 aromatic rings. The zero-order valence-corrected chi connectivity index (χ0v) is 28.1. The van der Waals surface area contributed by atoms with Crippen LogP contribution < -0.4 is 9.47 Å². The van der Waals surface area contributed by atoms with E-state index < -0.39 is 0 Å². The van der Waals surface area contributed by atoms with Crippen LogP contribution in [0.25, 0.3) is 44.2 Å². The summed E-state index contributed by atoms with van der Waals surface area (Å²) in [7, 11) is 0. The fraction of sp³-hybridized carbons (Fsp3) is 0.429. The maximum Gasteiger partial charge on any atom is 0.135 e. The van der Waals surface area contributed by atoms with Crippen LogP contribution in [0.15, 0.2) is 77.2 Å². The van der Waals surface area contributed by atoms with E-state index in [2.05, 4.69) is 100 Å². The summed E-state index contributed by atoms with van der Waals surface area (Å²) in [6.07, 6.45) is 15.3. The van der Waals surface area contributed by atoms with Crippen LogP contribution in [0.3, 0.4) is 0 Å². The zero-order chi connectivity index (χ0) is 31.4. The van der Waals surface area contributed by atoms with Gasteiger partial charge >= 0.3 is 0 Å². The van der Waals surface area contributed by atoms with Gasteiger partial charge in [0.1, 0.15) is 22.7 Å². The minimum absolute atomic E-state index is 0.786. The van der Waals surface area contributed by atoms with Crippen molar-refractivity contribution in [2.45, 2.75) is 105 Å². The van der Waals surface area contributed by atoms with E-state index in [0.29, 0.717) is 0 Å². The molecular formula is C42H52O3. The molecule has 0 spiro atoms. The van der Waals surface area contributed by atoms with Gasteiger partial charge in [-0.25, -0.2) is 0 Å². The Labute approximate surface area is 270 Å². The third-order valence-electron chi connectivity index (χ3n) is 9.03. The number of rotatable bonds is 18. The fourth-order valence-electron chi connectivity index (χ4n) is 6.30. The van der Waals surface area contributed by atoms with Crippen LogP contribution in [0.4, 0.5) is 0 Å². The van der Waals surface area contributed by atoms with Crippen molar-refractivity contribution in [1.82, 2.24) is 0 Å². The SMILES string of the molecule is CCCCCCCCOc1ccc(-c2cc3c(cc2C)oc2cc(C)c(-c4ccc(OCCCCCCCC)cc4)cc23)cc1. The number of benzene rings is 4. The fourth-order valence-corrected chi connectivity index (χ4v) is 6.30. The van der Waals surface area contributed by atoms with E-state index in [9.17, 15) is 0 Å². The molecule has 45 heavy (non-hydrogen) atoms. The lowest BCUT2D eigenvalue weighted by Crippen LogP contribution is -1.97. The minimum atomic E-state index is 0.786. The van der Waals surface area contributed by atoms with Crippen LogP contribution >= 0.6 is 0 Å². The average molecular weight is 605 g/mol. The number of hydrogen-bond donors (Lipinski definition) is 0. The first kappa shape index (κ1) is 32.7. The maximum absolute atomic E-state index is 6.37. The summed E-state index contributed by atoms with van der Waals surface area (Å²) in [5, 5.41) is 2.29. The van der Waals surface area contributed by atoms with Gasteiger partial charge < -0.3 is 13.9 Å². The third kappa shape index (κ3) is 8.72. The number of ether oxygens (including phenoxy) is 2. The summed E-state index contributed by atoms with van der Waals surface area (Å²) in [5.74, 6) is 1.89. The van der Waals surface area contributed by atoms with E-state index in [-0.39, 0.29) is 0 Å². The molecule has 0 bridgehead atoms. The highest BCUT2D eigenvalue weighted by atomic mass is 16.5. The van der Waals surface area contributed by atoms with Crippen molar-refractivity contribution < 1.29 is 13.9 Å². The Morgan fingerprint density at radius 1 is 0.467 bits per heavy atom. The van der Waals surface area contributed by atoms with Gasteiger partial charge in [0.15, 0.2) is 0 Å². The van der Waals surface area contributed by atoms with Crippen molar-refractivity contribution in [1.29, 1.82) is 0 Å². The molecule has 1 aromatic heterocycles. The van der Waals surface area contributed by atoms with Crippen molar-refractivity contribution in [2.75, 3.05) is 13.2 Å². The van der Waals surface area contributed by atoms with Crippen LogP contribution in [0, 0.1) is 13.8 Å². The van der Waals surface area contributed by atoms with Gasteiger partial charge in [-0.05, 0) is 109 Å². The number of fused-ring (bicyclic) bond motifs is 3. The number of furan rings is 1. The summed E-state index contributed by atoms with van der Waals surface area (Å²) >= 11 is 0. The van der Waals surface area contributed by atoms with E-state index >= 15 is 0 Å². The predicted molar refractivity (Wildman–Crippen MR) is 192 cm³/mol. The number of hydrogen-bond acceptors (Lipinski definition) is 3. The highest BCUT2D eigenvalue weighted by Gasteiger charge is 2.14. The lowest BCUT2D eigenvalue weighted by molar-refractivity contribution is 0.304. The van der Waals surface area contributed by atoms with E-state index in [1.807, 2.05) is 0 Å². The first-order chi connectivity index (χ1) is 22.1. The summed E-state index contributed by atoms with van der Waals surface area (Å²) in [5.41, 5.74) is 9.11. The van der Waals surface area contributed by atoms with Gasteiger partial charge in [0.2, 0.25) is 0 Å². The Kier molecular flexibility index (Phi) is 12.0. The quantitative estimate of drug-likeness (QED) is 0.0932. The van der Waals surface area contributed by atoms with Crippen molar-refractivity contribution >= 4 is 21.9 Å². The standard InChI is InChI=1S/C42H52O3/c1-5-7-9-11-13-15-25-43-35-21-17-33(18-22-35)37-29-39-40-30-38(32(4)28-42(40)45-41(39)27-31(37)3)34-19-23-36(24-20-34)44-26-16-14-12-10-8-6-2/h17-24,27-30H,5-16,25-26H2,1-4H3. The minimum Gasteiger partial charge on any atom is -0.494 e. The molecule has 1 heterocycles. The van der Waals surface area contributed by atoms with Crippen LogP contribution in [-0.4, -0.2) is 13.2 Å². The molecule has 0 amide bonds. The summed E-state index contributed by atoms with van der Waals surface area (Å²) in [6.45, 7) is 10.4. The molecule has 238 valence electrons. The van der Waals surface area contributed by atoms with Crippen LogP contribution in [0.1, 0.15) is 102 Å². The molecule has 0 aliphatic carbocycles.